The molecular formula is C20H18ClN7O2. The topological polar surface area (TPSA) is 123 Å². The second-order valence-electron chi connectivity index (χ2n) is 7.23. The number of benzene rings is 1. The summed E-state index contributed by atoms with van der Waals surface area (Å²) in [6.45, 7) is 1.95. The lowest BCUT2D eigenvalue weighted by Crippen LogP contribution is -2.23. The standard InChI is InChI=1S/C20H18ClN7O2/c1-10-16(23-14-4-2-3-12(21)8-14)26-18-11(7-15-19(29)27-20(30)25-15)9-22-28(18)17(10)24-13-5-6-13/h2-4,7-9,13,23,29H,5-6H2,1H3,(H2,25,27,30)/b11-7+,24-17?. The zero-order chi connectivity index (χ0) is 20.8. The maximum absolute atomic E-state index is 11.5. The number of hydrogen-bond donors (Lipinski definition) is 4. The molecule has 4 aromatic rings. The summed E-state index contributed by atoms with van der Waals surface area (Å²) in [4.78, 5) is 25.9. The number of nitrogens with zero attached hydrogens (tertiary/aromatic N) is 4. The number of aromatic amines is 2. The van der Waals surface area contributed by atoms with Crippen molar-refractivity contribution in [2.45, 2.75) is 25.8 Å². The Morgan fingerprint density at radius 3 is 2.90 bits per heavy atom. The molecule has 0 radical (unpaired) electrons. The van der Waals surface area contributed by atoms with Gasteiger partial charge >= 0.3 is 5.69 Å². The Balaban J connectivity index is 1.73. The minimum atomic E-state index is -0.494. The summed E-state index contributed by atoms with van der Waals surface area (Å²) in [6, 6.07) is 7.67. The fraction of sp³-hybridized carbons (Fsp3) is 0.200. The van der Waals surface area contributed by atoms with Gasteiger partial charge in [0.2, 0.25) is 5.88 Å². The summed E-state index contributed by atoms with van der Waals surface area (Å²) in [5, 5.41) is 18.9. The molecular weight excluding hydrogens is 406 g/mol. The molecule has 0 amide bonds. The normalized spacial score (nSPS) is 15.3. The first-order valence-electron chi connectivity index (χ1n) is 9.46. The molecule has 30 heavy (non-hydrogen) atoms. The van der Waals surface area contributed by atoms with E-state index in [1.165, 1.54) is 0 Å². The molecule has 1 aromatic carbocycles. The van der Waals surface area contributed by atoms with Crippen LogP contribution in [0.3, 0.4) is 0 Å². The molecule has 1 fully saturated rings. The van der Waals surface area contributed by atoms with Gasteiger partial charge in [-0.3, -0.25) is 9.98 Å². The minimum absolute atomic E-state index is 0.244. The number of anilines is 2. The van der Waals surface area contributed by atoms with Crippen LogP contribution in [-0.2, 0) is 0 Å². The van der Waals surface area contributed by atoms with Crippen molar-refractivity contribution in [3.8, 4) is 5.88 Å². The second-order valence-corrected chi connectivity index (χ2v) is 7.66. The lowest BCUT2D eigenvalue weighted by Gasteiger charge is -2.10. The average Bonchev–Trinajstić information content (AvgIpc) is 3.35. The van der Waals surface area contributed by atoms with Crippen molar-refractivity contribution >= 4 is 34.8 Å². The van der Waals surface area contributed by atoms with Gasteiger partial charge in [-0.25, -0.2) is 9.78 Å². The van der Waals surface area contributed by atoms with Gasteiger partial charge in [-0.05, 0) is 44.0 Å². The van der Waals surface area contributed by atoms with Crippen LogP contribution in [0.25, 0.3) is 11.7 Å². The predicted molar refractivity (Wildman–Crippen MR) is 113 cm³/mol. The van der Waals surface area contributed by atoms with Gasteiger partial charge in [-0.1, -0.05) is 17.7 Å². The number of rotatable bonds is 4. The van der Waals surface area contributed by atoms with E-state index in [0.29, 0.717) is 21.7 Å². The molecule has 0 atom stereocenters. The van der Waals surface area contributed by atoms with Gasteiger partial charge < -0.3 is 15.4 Å². The largest absolute Gasteiger partial charge is 0.493 e. The van der Waals surface area contributed by atoms with Crippen molar-refractivity contribution in [1.29, 1.82) is 0 Å². The van der Waals surface area contributed by atoms with Gasteiger partial charge in [0.1, 0.15) is 11.5 Å². The number of aromatic hydroxyl groups is 1. The Hall–Kier alpha value is -3.59. The molecule has 10 heteroatoms. The minimum Gasteiger partial charge on any atom is -0.493 e. The average molecular weight is 424 g/mol. The molecule has 3 aromatic heterocycles. The molecule has 9 nitrogen and oxygen atoms in total. The highest BCUT2D eigenvalue weighted by atomic mass is 35.5. The Bertz CT molecular complexity index is 1450. The first-order valence-corrected chi connectivity index (χ1v) is 9.83. The van der Waals surface area contributed by atoms with Gasteiger partial charge in [-0.2, -0.15) is 9.61 Å². The van der Waals surface area contributed by atoms with Crippen LogP contribution in [0.4, 0.5) is 11.5 Å². The van der Waals surface area contributed by atoms with Crippen LogP contribution in [0.5, 0.6) is 5.88 Å². The molecule has 0 spiro atoms. The van der Waals surface area contributed by atoms with E-state index >= 15 is 0 Å². The Morgan fingerprint density at radius 1 is 1.37 bits per heavy atom. The van der Waals surface area contributed by atoms with Crippen LogP contribution in [0, 0.1) is 6.92 Å². The zero-order valence-electron chi connectivity index (χ0n) is 16.0. The molecule has 3 heterocycles. The smallest absolute Gasteiger partial charge is 0.326 e. The molecule has 0 unspecified atom stereocenters. The molecule has 1 saturated carbocycles. The van der Waals surface area contributed by atoms with Crippen LogP contribution >= 0.6 is 11.6 Å². The van der Waals surface area contributed by atoms with Crippen molar-refractivity contribution in [1.82, 2.24) is 24.6 Å². The molecule has 5 rings (SSSR count). The summed E-state index contributed by atoms with van der Waals surface area (Å²) >= 11 is 6.12. The number of H-pyrrole nitrogens is 2. The van der Waals surface area contributed by atoms with Crippen LogP contribution in [0.1, 0.15) is 24.1 Å². The highest BCUT2D eigenvalue weighted by molar-refractivity contribution is 6.30. The monoisotopic (exact) mass is 423 g/mol. The zero-order valence-corrected chi connectivity index (χ0v) is 16.7. The summed E-state index contributed by atoms with van der Waals surface area (Å²) in [7, 11) is 0. The number of hydrogen-bond acceptors (Lipinski definition) is 6. The molecule has 0 saturated heterocycles. The molecule has 152 valence electrons. The number of nitrogens with one attached hydrogen (secondary N) is 3. The van der Waals surface area contributed by atoms with Gasteiger partial charge in [-0.15, -0.1) is 0 Å². The lowest BCUT2D eigenvalue weighted by molar-refractivity contribution is 0.454. The SMILES string of the molecule is Cc1c(Nc2cccc(Cl)c2)nc2/c(=C/c3[nH]c(=O)[nH]c3O)cnn2c1=NC1CC1. The van der Waals surface area contributed by atoms with Crippen LogP contribution in [-0.4, -0.2) is 35.7 Å². The van der Waals surface area contributed by atoms with E-state index in [1.54, 1.807) is 22.9 Å². The Kier molecular flexibility index (Phi) is 4.32. The molecule has 1 aliphatic rings. The Labute approximate surface area is 174 Å². The molecule has 4 N–H and O–H groups in total. The van der Waals surface area contributed by atoms with E-state index in [-0.39, 0.29) is 17.6 Å². The van der Waals surface area contributed by atoms with E-state index in [0.717, 1.165) is 29.6 Å². The quantitative estimate of drug-likeness (QED) is 0.398. The summed E-state index contributed by atoms with van der Waals surface area (Å²) < 4.78 is 1.68. The number of fused-ring (bicyclic) bond motifs is 1. The Morgan fingerprint density at radius 2 is 2.20 bits per heavy atom. The third kappa shape index (κ3) is 3.43. The van der Waals surface area contributed by atoms with E-state index in [2.05, 4.69) is 20.4 Å². The highest BCUT2D eigenvalue weighted by Gasteiger charge is 2.21. The predicted octanol–water partition coefficient (Wildman–Crippen LogP) is 1.77. The van der Waals surface area contributed by atoms with E-state index in [9.17, 15) is 9.90 Å². The van der Waals surface area contributed by atoms with Gasteiger partial charge in [0.15, 0.2) is 11.1 Å². The fourth-order valence-corrected chi connectivity index (χ4v) is 3.37. The van der Waals surface area contributed by atoms with Crippen LogP contribution < -0.4 is 21.7 Å². The first kappa shape index (κ1) is 18.4. The van der Waals surface area contributed by atoms with Crippen molar-refractivity contribution in [2.75, 3.05) is 5.32 Å². The van der Waals surface area contributed by atoms with E-state index in [1.807, 2.05) is 25.1 Å². The molecule has 0 aliphatic heterocycles. The highest BCUT2D eigenvalue weighted by Crippen LogP contribution is 2.24. The lowest BCUT2D eigenvalue weighted by atomic mass is 10.2. The maximum Gasteiger partial charge on any atom is 0.326 e. The van der Waals surface area contributed by atoms with Crippen molar-refractivity contribution in [3.05, 3.63) is 67.9 Å². The fourth-order valence-electron chi connectivity index (χ4n) is 3.18. The number of imidazole rings is 1. The van der Waals surface area contributed by atoms with E-state index in [4.69, 9.17) is 21.6 Å². The van der Waals surface area contributed by atoms with Gasteiger partial charge in [0, 0.05) is 21.5 Å². The number of aromatic nitrogens is 5. The van der Waals surface area contributed by atoms with Crippen molar-refractivity contribution in [3.63, 3.8) is 0 Å². The second kappa shape index (κ2) is 7.03. The van der Waals surface area contributed by atoms with Crippen molar-refractivity contribution in [2.24, 2.45) is 4.99 Å². The summed E-state index contributed by atoms with van der Waals surface area (Å²) in [6.07, 6.45) is 5.35. The molecule has 1 aliphatic carbocycles. The summed E-state index contributed by atoms with van der Waals surface area (Å²) in [5.41, 5.74) is 2.69. The van der Waals surface area contributed by atoms with Gasteiger partial charge in [0.05, 0.1) is 12.2 Å². The summed E-state index contributed by atoms with van der Waals surface area (Å²) in [5.74, 6) is 0.387. The van der Waals surface area contributed by atoms with Crippen molar-refractivity contribution < 1.29 is 5.11 Å². The third-order valence-electron chi connectivity index (χ3n) is 4.85. The van der Waals surface area contributed by atoms with Crippen LogP contribution in [0.15, 0.2) is 40.2 Å². The maximum atomic E-state index is 11.5. The first-order chi connectivity index (χ1) is 14.5. The number of halogens is 1. The molecule has 0 bridgehead atoms. The van der Waals surface area contributed by atoms with Gasteiger partial charge in [0.25, 0.3) is 0 Å². The third-order valence-corrected chi connectivity index (χ3v) is 5.09. The van der Waals surface area contributed by atoms with E-state index < -0.39 is 5.69 Å². The van der Waals surface area contributed by atoms with Crippen LogP contribution in [0.2, 0.25) is 5.02 Å².